The molecule has 4 heteroatoms. The van der Waals surface area contributed by atoms with Gasteiger partial charge >= 0.3 is 0 Å². The van der Waals surface area contributed by atoms with Crippen LogP contribution in [0.15, 0.2) is 42.5 Å². The number of nitrogen functional groups attached to an aromatic ring is 1. The molecule has 2 nitrogen and oxygen atoms in total. The number of rotatable bonds is 3. The minimum absolute atomic E-state index is 0.562. The lowest BCUT2D eigenvalue weighted by Gasteiger charge is -2.07. The Hall–Kier alpha value is -1.38. The van der Waals surface area contributed by atoms with Gasteiger partial charge < -0.3 is 10.0 Å². The van der Waals surface area contributed by atoms with E-state index in [1.807, 2.05) is 36.4 Å². The average Bonchev–Trinajstić information content (AvgIpc) is 2.34. The van der Waals surface area contributed by atoms with Crippen LogP contribution in [0.1, 0.15) is 11.1 Å². The summed E-state index contributed by atoms with van der Waals surface area (Å²) in [5, 5.41) is 0.562. The molecular formula is C13H11Cl2NO. The summed E-state index contributed by atoms with van der Waals surface area (Å²) >= 11 is 11.4. The molecule has 0 aromatic heterocycles. The van der Waals surface area contributed by atoms with Gasteiger partial charge in [0, 0.05) is 12.0 Å². The van der Waals surface area contributed by atoms with E-state index in [-0.39, 0.29) is 0 Å². The van der Waals surface area contributed by atoms with Gasteiger partial charge in [0.2, 0.25) is 0 Å². The van der Waals surface area contributed by atoms with Gasteiger partial charge in [-0.1, -0.05) is 35.9 Å². The van der Waals surface area contributed by atoms with Crippen molar-refractivity contribution in [1.29, 1.82) is 0 Å². The van der Waals surface area contributed by atoms with Gasteiger partial charge in [0.1, 0.15) is 17.6 Å². The number of hydrogen-bond donors (Lipinski definition) is 1. The van der Waals surface area contributed by atoms with Crippen LogP contribution in [0.5, 0.6) is 5.75 Å². The van der Waals surface area contributed by atoms with E-state index in [1.54, 1.807) is 6.07 Å². The monoisotopic (exact) mass is 267 g/mol. The smallest absolute Gasteiger partial charge is 0.149 e. The van der Waals surface area contributed by atoms with Gasteiger partial charge in [0.25, 0.3) is 0 Å². The van der Waals surface area contributed by atoms with Crippen LogP contribution in [0.3, 0.4) is 0 Å². The van der Waals surface area contributed by atoms with Gasteiger partial charge in [-0.25, -0.2) is 0 Å². The lowest BCUT2D eigenvalue weighted by Crippen LogP contribution is -1.93. The number of halogens is 2. The number of anilines is 1. The van der Waals surface area contributed by atoms with Crippen molar-refractivity contribution < 1.29 is 4.29 Å². The first-order valence-electron chi connectivity index (χ1n) is 5.11. The molecule has 0 aliphatic heterocycles. The second-order valence-corrected chi connectivity index (χ2v) is 4.28. The van der Waals surface area contributed by atoms with Crippen molar-refractivity contribution in [2.75, 3.05) is 5.73 Å². The van der Waals surface area contributed by atoms with Crippen LogP contribution in [0.25, 0.3) is 0 Å². The van der Waals surface area contributed by atoms with Crippen molar-refractivity contribution >= 4 is 29.2 Å². The Bertz CT molecular complexity index is 529. The van der Waals surface area contributed by atoms with Gasteiger partial charge in [-0.15, -0.1) is 0 Å². The summed E-state index contributed by atoms with van der Waals surface area (Å²) in [6.07, 6.45) is 0.697. The molecule has 0 aliphatic rings. The molecule has 0 heterocycles. The molecule has 0 bridgehead atoms. The maximum Gasteiger partial charge on any atom is 0.149 e. The second kappa shape index (κ2) is 5.30. The van der Waals surface area contributed by atoms with E-state index < -0.39 is 0 Å². The third kappa shape index (κ3) is 2.84. The summed E-state index contributed by atoms with van der Waals surface area (Å²) in [6, 6.07) is 13.2. The van der Waals surface area contributed by atoms with Crippen molar-refractivity contribution in [3.8, 4) is 5.75 Å². The highest BCUT2D eigenvalue weighted by atomic mass is 35.5. The van der Waals surface area contributed by atoms with Crippen molar-refractivity contribution in [3.63, 3.8) is 0 Å². The summed E-state index contributed by atoms with van der Waals surface area (Å²) in [4.78, 5) is 0. The first kappa shape index (κ1) is 12.1. The number of benzene rings is 2. The molecule has 17 heavy (non-hydrogen) atoms. The fourth-order valence-electron chi connectivity index (χ4n) is 1.63. The van der Waals surface area contributed by atoms with Gasteiger partial charge in [-0.05, 0) is 23.8 Å². The Labute approximate surface area is 110 Å². The van der Waals surface area contributed by atoms with Crippen molar-refractivity contribution in [2.24, 2.45) is 0 Å². The highest BCUT2D eigenvalue weighted by Crippen LogP contribution is 2.25. The normalized spacial score (nSPS) is 10.2. The molecule has 0 saturated heterocycles. The third-order valence-electron chi connectivity index (χ3n) is 2.52. The number of hydrogen-bond acceptors (Lipinski definition) is 2. The van der Waals surface area contributed by atoms with Gasteiger partial charge in [0.15, 0.2) is 0 Å². The summed E-state index contributed by atoms with van der Waals surface area (Å²) in [7, 11) is 0. The molecule has 0 radical (unpaired) electrons. The quantitative estimate of drug-likeness (QED) is 0.852. The maximum atomic E-state index is 5.97. The maximum absolute atomic E-state index is 5.97. The molecule has 0 spiro atoms. The predicted octanol–water partition coefficient (Wildman–Crippen LogP) is 4.05. The fourth-order valence-corrected chi connectivity index (χ4v) is 1.98. The average molecular weight is 268 g/mol. The molecule has 0 saturated carbocycles. The first-order chi connectivity index (χ1) is 8.20. The van der Waals surface area contributed by atoms with Crippen LogP contribution in [-0.2, 0) is 6.42 Å². The Morgan fingerprint density at radius 1 is 1.12 bits per heavy atom. The molecule has 0 atom stereocenters. The number of para-hydroxylation sites is 1. The summed E-state index contributed by atoms with van der Waals surface area (Å²) in [6.45, 7) is 0. The summed E-state index contributed by atoms with van der Waals surface area (Å²) in [5.74, 6) is 0.655. The first-order valence-corrected chi connectivity index (χ1v) is 5.80. The molecule has 88 valence electrons. The van der Waals surface area contributed by atoms with E-state index >= 15 is 0 Å². The highest BCUT2D eigenvalue weighted by Gasteiger charge is 2.05. The molecule has 2 aromatic carbocycles. The van der Waals surface area contributed by atoms with Crippen molar-refractivity contribution in [2.45, 2.75) is 6.42 Å². The van der Waals surface area contributed by atoms with E-state index in [0.29, 0.717) is 22.9 Å². The molecule has 2 aromatic rings. The van der Waals surface area contributed by atoms with Gasteiger partial charge in [-0.2, -0.15) is 0 Å². The van der Waals surface area contributed by atoms with E-state index in [1.165, 1.54) is 0 Å². The Morgan fingerprint density at radius 3 is 2.59 bits per heavy atom. The Kier molecular flexibility index (Phi) is 3.77. The van der Waals surface area contributed by atoms with Gasteiger partial charge in [-0.3, -0.25) is 0 Å². The largest absolute Gasteiger partial charge is 0.398 e. The van der Waals surface area contributed by atoms with Crippen molar-refractivity contribution in [1.82, 2.24) is 0 Å². The second-order valence-electron chi connectivity index (χ2n) is 3.72. The third-order valence-corrected chi connectivity index (χ3v) is 3.01. The van der Waals surface area contributed by atoms with Gasteiger partial charge in [0.05, 0.1) is 10.7 Å². The standard InChI is InChI=1S/C13H11Cl2NO/c14-11-8-9(5-6-12(11)16)7-10-3-1-2-4-13(10)17-15/h1-6,8H,7,16H2. The van der Waals surface area contributed by atoms with E-state index in [2.05, 4.69) is 0 Å². The molecule has 2 rings (SSSR count). The zero-order chi connectivity index (χ0) is 12.3. The minimum atomic E-state index is 0.562. The zero-order valence-electron chi connectivity index (χ0n) is 8.99. The van der Waals surface area contributed by atoms with Crippen LogP contribution in [-0.4, -0.2) is 0 Å². The predicted molar refractivity (Wildman–Crippen MR) is 71.6 cm³/mol. The lowest BCUT2D eigenvalue weighted by molar-refractivity contribution is 0.610. The van der Waals surface area contributed by atoms with Crippen LogP contribution >= 0.6 is 23.5 Å². The molecule has 2 N–H and O–H groups in total. The molecular weight excluding hydrogens is 257 g/mol. The fraction of sp³-hybridized carbons (Fsp3) is 0.0769. The molecule has 0 aliphatic carbocycles. The highest BCUT2D eigenvalue weighted by molar-refractivity contribution is 6.33. The zero-order valence-corrected chi connectivity index (χ0v) is 10.5. The summed E-state index contributed by atoms with van der Waals surface area (Å²) in [5.41, 5.74) is 8.30. The Morgan fingerprint density at radius 2 is 1.88 bits per heavy atom. The minimum Gasteiger partial charge on any atom is -0.398 e. The SMILES string of the molecule is Nc1ccc(Cc2ccccc2OCl)cc1Cl. The molecule has 0 unspecified atom stereocenters. The number of nitrogens with two attached hydrogens (primary N) is 1. The topological polar surface area (TPSA) is 35.2 Å². The summed E-state index contributed by atoms with van der Waals surface area (Å²) < 4.78 is 4.79. The van der Waals surface area contributed by atoms with Crippen LogP contribution in [0.4, 0.5) is 5.69 Å². The Balaban J connectivity index is 2.28. The van der Waals surface area contributed by atoms with Crippen LogP contribution in [0.2, 0.25) is 5.02 Å². The van der Waals surface area contributed by atoms with E-state index in [9.17, 15) is 0 Å². The van der Waals surface area contributed by atoms with Crippen LogP contribution < -0.4 is 10.0 Å². The van der Waals surface area contributed by atoms with E-state index in [0.717, 1.165) is 11.1 Å². The molecule has 0 fully saturated rings. The van der Waals surface area contributed by atoms with Crippen LogP contribution in [0, 0.1) is 0 Å². The molecule has 0 amide bonds. The van der Waals surface area contributed by atoms with Crippen molar-refractivity contribution in [3.05, 3.63) is 58.6 Å². The van der Waals surface area contributed by atoms with E-state index in [4.69, 9.17) is 33.5 Å². The lowest BCUT2D eigenvalue weighted by atomic mass is 10.0.